The standard InChI is InChI=1S/C17H31NO2/c1-16(2,3)13-6-5-7-14(9-8-13)18-11-10-17(4,12-18)15(19)20/h13-14H,5-12H2,1-4H3,(H,19,20). The molecule has 0 amide bonds. The molecule has 0 spiro atoms. The van der Waals surface area contributed by atoms with E-state index in [-0.39, 0.29) is 0 Å². The van der Waals surface area contributed by atoms with Crippen molar-refractivity contribution in [3.05, 3.63) is 0 Å². The Kier molecular flexibility index (Phi) is 4.48. The van der Waals surface area contributed by atoms with E-state index >= 15 is 0 Å². The molecule has 1 saturated carbocycles. The molecule has 0 radical (unpaired) electrons. The summed E-state index contributed by atoms with van der Waals surface area (Å²) in [5, 5.41) is 9.37. The van der Waals surface area contributed by atoms with Crippen LogP contribution in [0.1, 0.15) is 66.2 Å². The summed E-state index contributed by atoms with van der Waals surface area (Å²) in [5.74, 6) is 0.196. The molecule has 2 aliphatic rings. The molecule has 1 N–H and O–H groups in total. The summed E-state index contributed by atoms with van der Waals surface area (Å²) < 4.78 is 0. The summed E-state index contributed by atoms with van der Waals surface area (Å²) in [5.41, 5.74) is -0.106. The van der Waals surface area contributed by atoms with Crippen molar-refractivity contribution in [1.29, 1.82) is 0 Å². The first-order chi connectivity index (χ1) is 9.22. The fourth-order valence-electron chi connectivity index (χ4n) is 4.00. The Hall–Kier alpha value is -0.570. The highest BCUT2D eigenvalue weighted by atomic mass is 16.4. The van der Waals surface area contributed by atoms with Crippen LogP contribution < -0.4 is 0 Å². The molecule has 2 fully saturated rings. The zero-order valence-corrected chi connectivity index (χ0v) is 13.6. The third-order valence-electron chi connectivity index (χ3n) is 5.70. The van der Waals surface area contributed by atoms with Gasteiger partial charge in [-0.15, -0.1) is 0 Å². The average Bonchev–Trinajstić information content (AvgIpc) is 2.60. The van der Waals surface area contributed by atoms with Crippen LogP contribution in [-0.4, -0.2) is 35.1 Å². The van der Waals surface area contributed by atoms with Crippen LogP contribution in [0, 0.1) is 16.7 Å². The highest BCUT2D eigenvalue weighted by Gasteiger charge is 2.42. The van der Waals surface area contributed by atoms with Crippen LogP contribution in [-0.2, 0) is 4.79 Å². The lowest BCUT2D eigenvalue weighted by molar-refractivity contribution is -0.147. The lowest BCUT2D eigenvalue weighted by atomic mass is 9.76. The van der Waals surface area contributed by atoms with E-state index in [1.54, 1.807) is 0 Å². The SMILES string of the molecule is CC1(C(=O)O)CCN(C2CCCC(C(C)(C)C)CC2)C1. The Morgan fingerprint density at radius 1 is 1.20 bits per heavy atom. The number of likely N-dealkylation sites (tertiary alicyclic amines) is 1. The third-order valence-corrected chi connectivity index (χ3v) is 5.70. The highest BCUT2D eigenvalue weighted by Crippen LogP contribution is 2.40. The van der Waals surface area contributed by atoms with Gasteiger partial charge in [-0.3, -0.25) is 9.69 Å². The molecule has 3 atom stereocenters. The molecule has 1 heterocycles. The van der Waals surface area contributed by atoms with Crippen molar-refractivity contribution in [3.8, 4) is 0 Å². The predicted octanol–water partition coefficient (Wildman–Crippen LogP) is 3.78. The number of hydrogen-bond donors (Lipinski definition) is 1. The Labute approximate surface area is 123 Å². The maximum Gasteiger partial charge on any atom is 0.310 e. The quantitative estimate of drug-likeness (QED) is 0.783. The van der Waals surface area contributed by atoms with Crippen LogP contribution in [0.25, 0.3) is 0 Å². The van der Waals surface area contributed by atoms with Crippen molar-refractivity contribution in [1.82, 2.24) is 4.90 Å². The molecule has 2 rings (SSSR count). The first-order valence-electron chi connectivity index (χ1n) is 8.20. The molecule has 0 aromatic heterocycles. The van der Waals surface area contributed by atoms with Crippen molar-refractivity contribution in [2.24, 2.45) is 16.7 Å². The number of carboxylic acids is 1. The van der Waals surface area contributed by atoms with Crippen LogP contribution in [0.4, 0.5) is 0 Å². The monoisotopic (exact) mass is 281 g/mol. The molecule has 0 aromatic rings. The van der Waals surface area contributed by atoms with Gasteiger partial charge in [0.25, 0.3) is 0 Å². The molecule has 1 aliphatic carbocycles. The van der Waals surface area contributed by atoms with Gasteiger partial charge in [-0.05, 0) is 56.9 Å². The third kappa shape index (κ3) is 3.36. The molecule has 0 aromatic carbocycles. The lowest BCUT2D eigenvalue weighted by Crippen LogP contribution is -2.37. The number of hydrogen-bond acceptors (Lipinski definition) is 2. The Morgan fingerprint density at radius 2 is 1.90 bits per heavy atom. The molecule has 3 nitrogen and oxygen atoms in total. The van der Waals surface area contributed by atoms with E-state index in [1.165, 1.54) is 32.1 Å². The van der Waals surface area contributed by atoms with E-state index < -0.39 is 11.4 Å². The van der Waals surface area contributed by atoms with Crippen LogP contribution in [0.2, 0.25) is 0 Å². The second-order valence-electron chi connectivity index (χ2n) is 8.31. The summed E-state index contributed by atoms with van der Waals surface area (Å²) in [4.78, 5) is 13.8. The predicted molar refractivity (Wildman–Crippen MR) is 81.8 cm³/mol. The van der Waals surface area contributed by atoms with Crippen molar-refractivity contribution in [3.63, 3.8) is 0 Å². The Morgan fingerprint density at radius 3 is 2.45 bits per heavy atom. The average molecular weight is 281 g/mol. The Balaban J connectivity index is 1.94. The molecule has 20 heavy (non-hydrogen) atoms. The second kappa shape index (κ2) is 5.67. The number of carboxylic acid groups (broad SMARTS) is 1. The van der Waals surface area contributed by atoms with E-state index in [1.807, 2.05) is 6.92 Å². The zero-order chi connectivity index (χ0) is 15.0. The van der Waals surface area contributed by atoms with Gasteiger partial charge in [0.1, 0.15) is 0 Å². The van der Waals surface area contributed by atoms with Gasteiger partial charge in [-0.2, -0.15) is 0 Å². The normalized spacial score (nSPS) is 36.8. The summed E-state index contributed by atoms with van der Waals surface area (Å²) >= 11 is 0. The molecule has 1 saturated heterocycles. The molecule has 0 bridgehead atoms. The van der Waals surface area contributed by atoms with Crippen molar-refractivity contribution >= 4 is 5.97 Å². The highest BCUT2D eigenvalue weighted by molar-refractivity contribution is 5.74. The fraction of sp³-hybridized carbons (Fsp3) is 0.941. The summed E-state index contributed by atoms with van der Waals surface area (Å²) in [6.45, 7) is 10.7. The van der Waals surface area contributed by atoms with E-state index in [0.717, 1.165) is 25.4 Å². The lowest BCUT2D eigenvalue weighted by Gasteiger charge is -2.31. The van der Waals surface area contributed by atoms with Gasteiger partial charge >= 0.3 is 5.97 Å². The van der Waals surface area contributed by atoms with Crippen LogP contribution in [0.3, 0.4) is 0 Å². The van der Waals surface area contributed by atoms with Crippen LogP contribution in [0.15, 0.2) is 0 Å². The largest absolute Gasteiger partial charge is 0.481 e. The van der Waals surface area contributed by atoms with Gasteiger partial charge in [-0.25, -0.2) is 0 Å². The van der Waals surface area contributed by atoms with Crippen LogP contribution >= 0.6 is 0 Å². The van der Waals surface area contributed by atoms with Gasteiger partial charge in [0.2, 0.25) is 0 Å². The topological polar surface area (TPSA) is 40.5 Å². The minimum atomic E-state index is -0.624. The van der Waals surface area contributed by atoms with Crippen molar-refractivity contribution in [2.75, 3.05) is 13.1 Å². The number of rotatable bonds is 2. The fourth-order valence-corrected chi connectivity index (χ4v) is 4.00. The summed E-state index contributed by atoms with van der Waals surface area (Å²) in [6.07, 6.45) is 7.24. The smallest absolute Gasteiger partial charge is 0.310 e. The molecule has 3 unspecified atom stereocenters. The number of nitrogens with zero attached hydrogens (tertiary/aromatic N) is 1. The zero-order valence-electron chi connectivity index (χ0n) is 13.6. The van der Waals surface area contributed by atoms with Gasteiger partial charge < -0.3 is 5.11 Å². The van der Waals surface area contributed by atoms with E-state index in [0.29, 0.717) is 11.5 Å². The molecule has 1 aliphatic heterocycles. The minimum Gasteiger partial charge on any atom is -0.481 e. The van der Waals surface area contributed by atoms with Crippen LogP contribution in [0.5, 0.6) is 0 Å². The Bertz CT molecular complexity index is 360. The van der Waals surface area contributed by atoms with E-state index in [4.69, 9.17) is 0 Å². The van der Waals surface area contributed by atoms with Gasteiger partial charge in [-0.1, -0.05) is 27.2 Å². The molecular formula is C17H31NO2. The van der Waals surface area contributed by atoms with Gasteiger partial charge in [0.15, 0.2) is 0 Å². The summed E-state index contributed by atoms with van der Waals surface area (Å²) in [6, 6.07) is 0.614. The second-order valence-corrected chi connectivity index (χ2v) is 8.31. The number of aliphatic carboxylic acids is 1. The van der Waals surface area contributed by atoms with E-state index in [9.17, 15) is 9.90 Å². The first-order valence-corrected chi connectivity index (χ1v) is 8.20. The van der Waals surface area contributed by atoms with Crippen molar-refractivity contribution in [2.45, 2.75) is 72.3 Å². The minimum absolute atomic E-state index is 0.412. The number of carbonyl (C=O) groups is 1. The first kappa shape index (κ1) is 15.8. The summed E-state index contributed by atoms with van der Waals surface area (Å²) in [7, 11) is 0. The van der Waals surface area contributed by atoms with Gasteiger partial charge in [0.05, 0.1) is 5.41 Å². The maximum absolute atomic E-state index is 11.4. The molecular weight excluding hydrogens is 250 g/mol. The molecule has 116 valence electrons. The van der Waals surface area contributed by atoms with Crippen molar-refractivity contribution < 1.29 is 9.90 Å². The molecule has 3 heteroatoms. The maximum atomic E-state index is 11.4. The van der Waals surface area contributed by atoms with Gasteiger partial charge in [0, 0.05) is 12.6 Å². The van der Waals surface area contributed by atoms with E-state index in [2.05, 4.69) is 25.7 Å².